The van der Waals surface area contributed by atoms with Gasteiger partial charge in [-0.25, -0.2) is 0 Å². The first-order valence-electron chi connectivity index (χ1n) is 9.38. The van der Waals surface area contributed by atoms with Gasteiger partial charge in [-0.15, -0.1) is 0 Å². The van der Waals surface area contributed by atoms with E-state index in [0.29, 0.717) is 0 Å². The molecule has 0 saturated carbocycles. The number of hydrogen-bond donors (Lipinski definition) is 0. The second-order valence-electron chi connectivity index (χ2n) is 6.38. The molecule has 0 spiro atoms. The monoisotopic (exact) mass is 316 g/mol. The molecule has 3 heteroatoms. The second-order valence-corrected chi connectivity index (χ2v) is 9.60. The van der Waals surface area contributed by atoms with Gasteiger partial charge in [-0.2, -0.15) is 0 Å². The topological polar surface area (TPSA) is 18.5 Å². The van der Waals surface area contributed by atoms with E-state index in [2.05, 4.69) is 41.5 Å². The van der Waals surface area contributed by atoms with Crippen LogP contribution in [-0.4, -0.2) is 21.8 Å². The smallest absolute Gasteiger partial charge is 0.338 e. The van der Waals surface area contributed by atoms with Crippen LogP contribution in [0, 0.1) is 11.8 Å². The third-order valence-electron chi connectivity index (χ3n) is 4.65. The molecule has 0 aromatic carbocycles. The first-order chi connectivity index (χ1) is 10.1. The van der Waals surface area contributed by atoms with Crippen LogP contribution >= 0.6 is 0 Å². The average molecular weight is 317 g/mol. The van der Waals surface area contributed by atoms with Crippen molar-refractivity contribution in [3.63, 3.8) is 0 Å². The molecule has 128 valence electrons. The summed E-state index contributed by atoms with van der Waals surface area (Å²) in [6.45, 7) is 15.4. The van der Waals surface area contributed by atoms with Gasteiger partial charge in [0.2, 0.25) is 0 Å². The molecule has 0 atom stereocenters. The van der Waals surface area contributed by atoms with Crippen LogP contribution in [0.25, 0.3) is 0 Å². The molecule has 0 aliphatic heterocycles. The quantitative estimate of drug-likeness (QED) is 0.358. The lowest BCUT2D eigenvalue weighted by Gasteiger charge is -2.36. The molecule has 2 nitrogen and oxygen atoms in total. The highest BCUT2D eigenvalue weighted by Crippen LogP contribution is 2.33. The highest BCUT2D eigenvalue weighted by molar-refractivity contribution is 6.67. The van der Waals surface area contributed by atoms with Gasteiger partial charge in [-0.1, -0.05) is 67.2 Å². The molecule has 0 aliphatic carbocycles. The average Bonchev–Trinajstić information content (AvgIpc) is 2.53. The number of hydrogen-bond acceptors (Lipinski definition) is 2. The molecule has 0 amide bonds. The van der Waals surface area contributed by atoms with Crippen molar-refractivity contribution >= 4 is 8.56 Å². The van der Waals surface area contributed by atoms with Crippen LogP contribution in [0.5, 0.6) is 0 Å². The molecule has 0 rings (SSSR count). The van der Waals surface area contributed by atoms with Gasteiger partial charge in [0.1, 0.15) is 0 Å². The fraction of sp³-hybridized carbons (Fsp3) is 1.00. The predicted molar refractivity (Wildman–Crippen MR) is 96.0 cm³/mol. The molecule has 0 aromatic rings. The first-order valence-corrected chi connectivity index (χ1v) is 11.6. The third-order valence-corrected chi connectivity index (χ3v) is 8.51. The van der Waals surface area contributed by atoms with E-state index in [4.69, 9.17) is 8.85 Å². The standard InChI is InChI=1S/C18H40O2Si/c1-7-13-19-21(20-14-8-2,15-17(9-3)10-4)16-18(11-5)12-6/h17-18H,7-16H2,1-6H3. The molecule has 21 heavy (non-hydrogen) atoms. The van der Waals surface area contributed by atoms with E-state index >= 15 is 0 Å². The summed E-state index contributed by atoms with van der Waals surface area (Å²) in [5.41, 5.74) is 0. The fourth-order valence-electron chi connectivity index (χ4n) is 2.97. The van der Waals surface area contributed by atoms with Crippen molar-refractivity contribution in [2.45, 2.75) is 92.2 Å². The summed E-state index contributed by atoms with van der Waals surface area (Å²) < 4.78 is 12.9. The third kappa shape index (κ3) is 8.37. The Morgan fingerprint density at radius 2 is 0.952 bits per heavy atom. The summed E-state index contributed by atoms with van der Waals surface area (Å²) in [6.07, 6.45) is 7.18. The maximum atomic E-state index is 6.47. The van der Waals surface area contributed by atoms with Crippen molar-refractivity contribution < 1.29 is 8.85 Å². The Morgan fingerprint density at radius 1 is 0.619 bits per heavy atom. The van der Waals surface area contributed by atoms with E-state index in [1.165, 1.54) is 37.8 Å². The normalized spacial score (nSPS) is 12.6. The van der Waals surface area contributed by atoms with Crippen molar-refractivity contribution in [1.82, 2.24) is 0 Å². The lowest BCUT2D eigenvalue weighted by Crippen LogP contribution is -2.46. The first kappa shape index (κ1) is 21.1. The zero-order valence-corrected chi connectivity index (χ0v) is 16.5. The minimum atomic E-state index is -2.05. The largest absolute Gasteiger partial charge is 0.394 e. The summed E-state index contributed by atoms with van der Waals surface area (Å²) in [5.74, 6) is 1.53. The predicted octanol–water partition coefficient (Wildman–Crippen LogP) is 6.15. The van der Waals surface area contributed by atoms with Crippen molar-refractivity contribution in [1.29, 1.82) is 0 Å². The van der Waals surface area contributed by atoms with Gasteiger partial charge in [0.15, 0.2) is 0 Å². The van der Waals surface area contributed by atoms with Crippen LogP contribution in [0.1, 0.15) is 80.1 Å². The number of rotatable bonds is 14. The highest BCUT2D eigenvalue weighted by atomic mass is 28.4. The Hall–Kier alpha value is 0.137. The molecule has 0 unspecified atom stereocenters. The minimum absolute atomic E-state index is 0.764. The SMILES string of the molecule is CCCO[Si](CC(CC)CC)(CC(CC)CC)OCCC. The van der Waals surface area contributed by atoms with Gasteiger partial charge in [0.25, 0.3) is 0 Å². The van der Waals surface area contributed by atoms with Gasteiger partial charge in [0, 0.05) is 13.2 Å². The Balaban J connectivity index is 5.06. The fourth-order valence-corrected chi connectivity index (χ4v) is 7.76. The van der Waals surface area contributed by atoms with Crippen LogP contribution in [-0.2, 0) is 8.85 Å². The van der Waals surface area contributed by atoms with Gasteiger partial charge in [0.05, 0.1) is 0 Å². The van der Waals surface area contributed by atoms with Gasteiger partial charge < -0.3 is 8.85 Å². The van der Waals surface area contributed by atoms with Crippen molar-refractivity contribution in [2.24, 2.45) is 11.8 Å². The van der Waals surface area contributed by atoms with Crippen molar-refractivity contribution in [3.05, 3.63) is 0 Å². The van der Waals surface area contributed by atoms with E-state index in [9.17, 15) is 0 Å². The summed E-state index contributed by atoms with van der Waals surface area (Å²) >= 11 is 0. The van der Waals surface area contributed by atoms with Crippen LogP contribution in [0.2, 0.25) is 12.1 Å². The maximum absolute atomic E-state index is 6.47. The van der Waals surface area contributed by atoms with E-state index in [0.717, 1.165) is 37.9 Å². The Bertz CT molecular complexity index is 201. The Kier molecular flexibility index (Phi) is 12.7. The molecule has 0 aliphatic rings. The van der Waals surface area contributed by atoms with E-state index < -0.39 is 8.56 Å². The zero-order chi connectivity index (χ0) is 16.1. The lowest BCUT2D eigenvalue weighted by atomic mass is 10.1. The molecule has 0 saturated heterocycles. The summed E-state index contributed by atoms with van der Waals surface area (Å²) in [6, 6.07) is 2.38. The molecule has 0 fully saturated rings. The van der Waals surface area contributed by atoms with Crippen LogP contribution in [0.3, 0.4) is 0 Å². The van der Waals surface area contributed by atoms with Crippen LogP contribution < -0.4 is 0 Å². The molecule has 0 bridgehead atoms. The molecular formula is C18H40O2Si. The lowest BCUT2D eigenvalue weighted by molar-refractivity contribution is 0.155. The second kappa shape index (κ2) is 12.7. The summed E-state index contributed by atoms with van der Waals surface area (Å²) in [5, 5.41) is 0. The van der Waals surface area contributed by atoms with Gasteiger partial charge >= 0.3 is 8.56 Å². The van der Waals surface area contributed by atoms with Crippen molar-refractivity contribution in [2.75, 3.05) is 13.2 Å². The summed E-state index contributed by atoms with van der Waals surface area (Å²) in [4.78, 5) is 0. The maximum Gasteiger partial charge on any atom is 0.338 e. The van der Waals surface area contributed by atoms with Gasteiger partial charge in [-0.05, 0) is 36.8 Å². The van der Waals surface area contributed by atoms with Crippen LogP contribution in [0.4, 0.5) is 0 Å². The molecule has 0 heterocycles. The van der Waals surface area contributed by atoms with E-state index in [1.54, 1.807) is 0 Å². The zero-order valence-electron chi connectivity index (χ0n) is 15.5. The molecule has 0 aromatic heterocycles. The Morgan fingerprint density at radius 3 is 1.19 bits per heavy atom. The minimum Gasteiger partial charge on any atom is -0.394 e. The molecule has 0 N–H and O–H groups in total. The van der Waals surface area contributed by atoms with E-state index in [1.807, 2.05) is 0 Å². The Labute approximate surface area is 135 Å². The summed E-state index contributed by atoms with van der Waals surface area (Å²) in [7, 11) is -2.05. The van der Waals surface area contributed by atoms with Crippen molar-refractivity contribution in [3.8, 4) is 0 Å². The molecular weight excluding hydrogens is 276 g/mol. The van der Waals surface area contributed by atoms with Crippen LogP contribution in [0.15, 0.2) is 0 Å². The van der Waals surface area contributed by atoms with Gasteiger partial charge in [-0.3, -0.25) is 0 Å². The highest BCUT2D eigenvalue weighted by Gasteiger charge is 2.40. The molecule has 0 radical (unpaired) electrons. The van der Waals surface area contributed by atoms with E-state index in [-0.39, 0.29) is 0 Å².